The number of hydrogen-bond acceptors (Lipinski definition) is 5. The van der Waals surface area contributed by atoms with Crippen molar-refractivity contribution in [1.82, 2.24) is 14.8 Å². The zero-order valence-electron chi connectivity index (χ0n) is 17.7. The first-order valence-corrected chi connectivity index (χ1v) is 10.2. The van der Waals surface area contributed by atoms with Gasteiger partial charge in [-0.3, -0.25) is 4.79 Å². The molecule has 4 rings (SSSR count). The summed E-state index contributed by atoms with van der Waals surface area (Å²) in [7, 11) is 1.59. The van der Waals surface area contributed by atoms with E-state index in [2.05, 4.69) is 58.8 Å². The predicted molar refractivity (Wildman–Crippen MR) is 117 cm³/mol. The highest BCUT2D eigenvalue weighted by Gasteiger charge is 2.41. The maximum Gasteiger partial charge on any atom is 0.232 e. The number of nitrogens with zero attached hydrogens (tertiary/aromatic N) is 3. The standard InChI is InChI=1S/C23H27N5O2/c1-14(2)16-9-11-17(12-10-16)21-20(15(3)26-23-24-13-25-28(21)23)22(29)27-18-7-5-6-8-19(18)30-4/h5-15,20-21H,1-4H3,(H,27,29)(H,24,25,26)/t15-,20-,21+/m1/s1. The van der Waals surface area contributed by atoms with E-state index in [1.165, 1.54) is 11.9 Å². The number of carbonyl (C=O) groups is 1. The molecule has 7 heteroatoms. The lowest BCUT2D eigenvalue weighted by atomic mass is 9.84. The van der Waals surface area contributed by atoms with Gasteiger partial charge in [-0.15, -0.1) is 0 Å². The third-order valence-electron chi connectivity index (χ3n) is 5.68. The fourth-order valence-electron chi connectivity index (χ4n) is 4.04. The Morgan fingerprint density at radius 2 is 1.90 bits per heavy atom. The summed E-state index contributed by atoms with van der Waals surface area (Å²) in [6.45, 7) is 6.33. The molecule has 1 amide bonds. The lowest BCUT2D eigenvalue weighted by Crippen LogP contribution is -2.46. The molecular formula is C23H27N5O2. The maximum absolute atomic E-state index is 13.5. The van der Waals surface area contributed by atoms with E-state index in [1.54, 1.807) is 11.8 Å². The molecule has 0 fully saturated rings. The van der Waals surface area contributed by atoms with Gasteiger partial charge in [0.2, 0.25) is 11.9 Å². The number of hydrogen-bond donors (Lipinski definition) is 2. The van der Waals surface area contributed by atoms with Crippen LogP contribution < -0.4 is 15.4 Å². The molecule has 30 heavy (non-hydrogen) atoms. The van der Waals surface area contributed by atoms with E-state index in [0.717, 1.165) is 5.56 Å². The topological polar surface area (TPSA) is 81.1 Å². The summed E-state index contributed by atoms with van der Waals surface area (Å²) >= 11 is 0. The molecule has 0 bridgehead atoms. The molecule has 156 valence electrons. The van der Waals surface area contributed by atoms with Crippen molar-refractivity contribution in [2.24, 2.45) is 5.92 Å². The number of methoxy groups -OCH3 is 1. The Kier molecular flexibility index (Phi) is 5.44. The Balaban J connectivity index is 1.71. The molecule has 1 aromatic heterocycles. The first-order valence-electron chi connectivity index (χ1n) is 10.2. The molecule has 3 atom stereocenters. The molecule has 0 spiro atoms. The molecule has 0 radical (unpaired) electrons. The van der Waals surface area contributed by atoms with Gasteiger partial charge in [0, 0.05) is 6.04 Å². The van der Waals surface area contributed by atoms with Gasteiger partial charge in [-0.1, -0.05) is 50.2 Å². The number of fused-ring (bicyclic) bond motifs is 1. The molecular weight excluding hydrogens is 378 g/mol. The van der Waals surface area contributed by atoms with Gasteiger partial charge in [-0.2, -0.15) is 10.1 Å². The highest BCUT2D eigenvalue weighted by molar-refractivity contribution is 5.95. The van der Waals surface area contributed by atoms with Gasteiger partial charge >= 0.3 is 0 Å². The number of carbonyl (C=O) groups excluding carboxylic acids is 1. The minimum atomic E-state index is -0.394. The fraction of sp³-hybridized carbons (Fsp3) is 0.348. The summed E-state index contributed by atoms with van der Waals surface area (Å²) in [5, 5.41) is 10.8. The van der Waals surface area contributed by atoms with Crippen molar-refractivity contribution in [3.63, 3.8) is 0 Å². The van der Waals surface area contributed by atoms with Gasteiger partial charge in [-0.05, 0) is 36.1 Å². The van der Waals surface area contributed by atoms with Crippen molar-refractivity contribution < 1.29 is 9.53 Å². The number of ether oxygens (including phenoxy) is 1. The highest BCUT2D eigenvalue weighted by atomic mass is 16.5. The van der Waals surface area contributed by atoms with Gasteiger partial charge in [0.1, 0.15) is 12.1 Å². The average Bonchev–Trinajstić information content (AvgIpc) is 3.21. The van der Waals surface area contributed by atoms with Crippen LogP contribution in [0.25, 0.3) is 0 Å². The summed E-state index contributed by atoms with van der Waals surface area (Å²) in [6, 6.07) is 15.4. The Morgan fingerprint density at radius 1 is 1.17 bits per heavy atom. The first kappa shape index (κ1) is 19.9. The Morgan fingerprint density at radius 3 is 2.60 bits per heavy atom. The van der Waals surface area contributed by atoms with Crippen molar-refractivity contribution in [2.45, 2.75) is 38.8 Å². The van der Waals surface area contributed by atoms with E-state index in [1.807, 2.05) is 31.2 Å². The summed E-state index contributed by atoms with van der Waals surface area (Å²) in [4.78, 5) is 17.8. The molecule has 0 aliphatic carbocycles. The summed E-state index contributed by atoms with van der Waals surface area (Å²) in [5.74, 6) is 1.24. The van der Waals surface area contributed by atoms with E-state index in [4.69, 9.17) is 4.74 Å². The molecule has 0 saturated carbocycles. The van der Waals surface area contributed by atoms with E-state index in [-0.39, 0.29) is 18.0 Å². The van der Waals surface area contributed by atoms with Crippen LogP contribution in [0.3, 0.4) is 0 Å². The molecule has 3 aromatic rings. The molecule has 7 nitrogen and oxygen atoms in total. The number of aromatic nitrogens is 3. The van der Waals surface area contributed by atoms with Crippen molar-refractivity contribution in [3.05, 3.63) is 66.0 Å². The fourth-order valence-corrected chi connectivity index (χ4v) is 4.04. The summed E-state index contributed by atoms with van der Waals surface area (Å²) in [6.07, 6.45) is 1.52. The zero-order valence-corrected chi connectivity index (χ0v) is 17.7. The third kappa shape index (κ3) is 3.63. The van der Waals surface area contributed by atoms with Crippen LogP contribution in [0.1, 0.15) is 43.9 Å². The van der Waals surface area contributed by atoms with Crippen LogP contribution in [0, 0.1) is 5.92 Å². The lowest BCUT2D eigenvalue weighted by molar-refractivity contribution is -0.121. The lowest BCUT2D eigenvalue weighted by Gasteiger charge is -2.37. The number of rotatable bonds is 5. The van der Waals surface area contributed by atoms with Crippen molar-refractivity contribution in [2.75, 3.05) is 17.7 Å². The number of para-hydroxylation sites is 2. The molecule has 2 N–H and O–H groups in total. The SMILES string of the molecule is COc1ccccc1NC(=O)[C@@H]1[C@@H](C)Nc2ncnn2[C@H]1c1ccc(C(C)C)cc1. The van der Waals surface area contributed by atoms with E-state index < -0.39 is 5.92 Å². The van der Waals surface area contributed by atoms with Crippen LogP contribution in [-0.2, 0) is 4.79 Å². The second-order valence-corrected chi connectivity index (χ2v) is 7.94. The smallest absolute Gasteiger partial charge is 0.232 e. The second kappa shape index (κ2) is 8.18. The predicted octanol–water partition coefficient (Wildman–Crippen LogP) is 4.07. The highest BCUT2D eigenvalue weighted by Crippen LogP contribution is 2.37. The second-order valence-electron chi connectivity index (χ2n) is 7.94. The minimum absolute atomic E-state index is 0.0985. The average molecular weight is 406 g/mol. The maximum atomic E-state index is 13.5. The number of nitrogens with one attached hydrogen (secondary N) is 2. The van der Waals surface area contributed by atoms with Crippen LogP contribution >= 0.6 is 0 Å². The van der Waals surface area contributed by atoms with Crippen molar-refractivity contribution in [3.8, 4) is 5.75 Å². The molecule has 2 heterocycles. The Hall–Kier alpha value is -3.35. The number of anilines is 2. The van der Waals surface area contributed by atoms with Gasteiger partial charge < -0.3 is 15.4 Å². The van der Waals surface area contributed by atoms with Crippen LogP contribution in [-0.4, -0.2) is 33.8 Å². The Labute approximate surface area is 176 Å². The number of benzene rings is 2. The molecule has 1 aliphatic rings. The normalized spacial score (nSPS) is 20.4. The van der Waals surface area contributed by atoms with E-state index in [0.29, 0.717) is 23.3 Å². The third-order valence-corrected chi connectivity index (χ3v) is 5.68. The van der Waals surface area contributed by atoms with E-state index in [9.17, 15) is 4.79 Å². The molecule has 2 aromatic carbocycles. The molecule has 0 saturated heterocycles. The van der Waals surface area contributed by atoms with Crippen LogP contribution in [0.4, 0.5) is 11.6 Å². The zero-order chi connectivity index (χ0) is 21.3. The van der Waals surface area contributed by atoms with Crippen LogP contribution in [0.5, 0.6) is 5.75 Å². The first-order chi connectivity index (χ1) is 14.5. The van der Waals surface area contributed by atoms with Crippen LogP contribution in [0.15, 0.2) is 54.9 Å². The van der Waals surface area contributed by atoms with Crippen molar-refractivity contribution >= 4 is 17.5 Å². The summed E-state index contributed by atoms with van der Waals surface area (Å²) in [5.41, 5.74) is 2.93. The van der Waals surface area contributed by atoms with Gasteiger partial charge in [0.05, 0.1) is 24.8 Å². The quantitative estimate of drug-likeness (QED) is 0.669. The molecule has 0 unspecified atom stereocenters. The van der Waals surface area contributed by atoms with Crippen molar-refractivity contribution in [1.29, 1.82) is 0 Å². The van der Waals surface area contributed by atoms with Crippen LogP contribution in [0.2, 0.25) is 0 Å². The minimum Gasteiger partial charge on any atom is -0.495 e. The van der Waals surface area contributed by atoms with Gasteiger partial charge in [0.15, 0.2) is 0 Å². The Bertz CT molecular complexity index is 1030. The van der Waals surface area contributed by atoms with Gasteiger partial charge in [-0.25, -0.2) is 4.68 Å². The number of amides is 1. The van der Waals surface area contributed by atoms with E-state index >= 15 is 0 Å². The largest absolute Gasteiger partial charge is 0.495 e. The monoisotopic (exact) mass is 405 g/mol. The molecule has 1 aliphatic heterocycles. The summed E-state index contributed by atoms with van der Waals surface area (Å²) < 4.78 is 7.20. The van der Waals surface area contributed by atoms with Gasteiger partial charge in [0.25, 0.3) is 0 Å².